The Labute approximate surface area is 262 Å². The fourth-order valence-electron chi connectivity index (χ4n) is 6.67. The van der Waals surface area contributed by atoms with E-state index in [9.17, 15) is 18.0 Å². The van der Waals surface area contributed by atoms with E-state index in [1.54, 1.807) is 6.07 Å². The predicted octanol–water partition coefficient (Wildman–Crippen LogP) is 6.95. The smallest absolute Gasteiger partial charge is 0.380 e. The molecule has 1 amide bonds. The lowest BCUT2D eigenvalue weighted by molar-refractivity contribution is -0.137. The number of fused-ring (bicyclic) bond motifs is 2. The zero-order valence-electron chi connectivity index (χ0n) is 24.5. The van der Waals surface area contributed by atoms with Crippen molar-refractivity contribution in [2.45, 2.75) is 68.6 Å². The maximum atomic E-state index is 14.2. The number of thioether (sulfide) groups is 1. The van der Waals surface area contributed by atoms with Crippen LogP contribution in [0.15, 0.2) is 29.3 Å². The topological polar surface area (TPSA) is 70.6 Å². The number of hydrogen-bond acceptors (Lipinski definition) is 8. The first-order valence-electron chi connectivity index (χ1n) is 15.4. The number of amides is 1. The third-order valence-corrected chi connectivity index (χ3v) is 11.6. The molecule has 2 saturated carbocycles. The van der Waals surface area contributed by atoms with Crippen LogP contribution in [-0.2, 0) is 23.9 Å². The molecule has 1 N–H and O–H groups in total. The number of nitrogens with zero attached hydrogens (tertiary/aromatic N) is 4. The Morgan fingerprint density at radius 3 is 2.64 bits per heavy atom. The van der Waals surface area contributed by atoms with Crippen LogP contribution in [0.2, 0.25) is 0 Å². The van der Waals surface area contributed by atoms with Crippen molar-refractivity contribution in [1.82, 2.24) is 19.8 Å². The third kappa shape index (κ3) is 5.52. The Kier molecular flexibility index (Phi) is 7.00. The second kappa shape index (κ2) is 10.7. The first kappa shape index (κ1) is 28.8. The molecule has 1 aromatic carbocycles. The maximum absolute atomic E-state index is 14.2. The molecule has 0 atom stereocenters. The third-order valence-electron chi connectivity index (χ3n) is 9.29. The number of rotatable bonds is 7. The van der Waals surface area contributed by atoms with Crippen molar-refractivity contribution in [2.24, 2.45) is 5.41 Å². The number of carbonyl (C=O) groups excluding carboxylic acids is 1. The van der Waals surface area contributed by atoms with Crippen LogP contribution in [0.1, 0.15) is 70.5 Å². The van der Waals surface area contributed by atoms with Crippen molar-refractivity contribution in [3.63, 3.8) is 0 Å². The predicted molar refractivity (Wildman–Crippen MR) is 165 cm³/mol. The van der Waals surface area contributed by atoms with Gasteiger partial charge in [-0.15, -0.1) is 23.1 Å². The van der Waals surface area contributed by atoms with Crippen LogP contribution in [-0.4, -0.2) is 70.3 Å². The van der Waals surface area contributed by atoms with Gasteiger partial charge < -0.3 is 15.0 Å². The highest BCUT2D eigenvalue weighted by atomic mass is 32.2. The minimum absolute atomic E-state index is 0.0819. The molecule has 3 fully saturated rings. The highest BCUT2D eigenvalue weighted by molar-refractivity contribution is 7.99. The van der Waals surface area contributed by atoms with Gasteiger partial charge in [-0.25, -0.2) is 9.97 Å². The van der Waals surface area contributed by atoms with Gasteiger partial charge in [0.25, 0.3) is 5.91 Å². The molecule has 5 heterocycles. The Morgan fingerprint density at radius 1 is 1.11 bits per heavy atom. The quantitative estimate of drug-likeness (QED) is 0.300. The van der Waals surface area contributed by atoms with E-state index < -0.39 is 11.7 Å². The molecule has 3 aromatic rings. The Hall–Kier alpha value is -2.67. The molecule has 8 rings (SSSR count). The van der Waals surface area contributed by atoms with Crippen LogP contribution >= 0.6 is 23.1 Å². The lowest BCUT2D eigenvalue weighted by atomic mass is 9.86. The van der Waals surface area contributed by atoms with Crippen molar-refractivity contribution < 1.29 is 22.7 Å². The molecule has 3 aliphatic heterocycles. The Balaban J connectivity index is 1.11. The summed E-state index contributed by atoms with van der Waals surface area (Å²) in [7, 11) is 0. The second-order valence-corrected chi connectivity index (χ2v) is 15.4. The summed E-state index contributed by atoms with van der Waals surface area (Å²) in [5, 5.41) is 3.32. The van der Waals surface area contributed by atoms with Crippen molar-refractivity contribution in [2.75, 3.05) is 43.9 Å². The van der Waals surface area contributed by atoms with Gasteiger partial charge in [0.15, 0.2) is 0 Å². The van der Waals surface area contributed by atoms with Crippen LogP contribution in [0, 0.1) is 5.41 Å². The molecule has 12 heteroatoms. The van der Waals surface area contributed by atoms with Crippen molar-refractivity contribution in [3.05, 3.63) is 51.5 Å². The average Bonchev–Trinajstić information content (AvgIpc) is 3.91. The molecule has 0 radical (unpaired) electrons. The van der Waals surface area contributed by atoms with Gasteiger partial charge in [0.2, 0.25) is 5.95 Å². The fourth-order valence-corrected chi connectivity index (χ4v) is 8.99. The minimum atomic E-state index is -4.63. The van der Waals surface area contributed by atoms with Gasteiger partial charge in [-0.05, 0) is 66.8 Å². The molecular weight excluding hydrogens is 608 g/mol. The number of halogens is 3. The maximum Gasteiger partial charge on any atom is 0.420 e. The molecule has 0 unspecified atom stereocenters. The van der Waals surface area contributed by atoms with E-state index in [4.69, 9.17) is 4.74 Å². The first-order valence-corrected chi connectivity index (χ1v) is 17.2. The Bertz CT molecular complexity index is 1630. The lowest BCUT2D eigenvalue weighted by Gasteiger charge is -2.43. The zero-order valence-corrected chi connectivity index (χ0v) is 26.1. The summed E-state index contributed by atoms with van der Waals surface area (Å²) in [5.41, 5.74) is 3.77. The van der Waals surface area contributed by atoms with Crippen molar-refractivity contribution in [3.8, 4) is 10.6 Å². The van der Waals surface area contributed by atoms with E-state index >= 15 is 0 Å². The van der Waals surface area contributed by atoms with Crippen LogP contribution < -0.4 is 5.32 Å². The van der Waals surface area contributed by atoms with Crippen LogP contribution in [0.5, 0.6) is 0 Å². The zero-order chi connectivity index (χ0) is 30.2. The summed E-state index contributed by atoms with van der Waals surface area (Å²) in [6.07, 6.45) is 1.32. The second-order valence-electron chi connectivity index (χ2n) is 13.2. The van der Waals surface area contributed by atoms with E-state index in [1.165, 1.54) is 28.5 Å². The highest BCUT2D eigenvalue weighted by Crippen LogP contribution is 2.47. The van der Waals surface area contributed by atoms with Crippen LogP contribution in [0.3, 0.4) is 0 Å². The number of carbonyl (C=O) groups is 1. The molecule has 1 saturated heterocycles. The summed E-state index contributed by atoms with van der Waals surface area (Å²) in [5.74, 6) is 1.20. The number of anilines is 2. The standard InChI is InChI=1S/C32H34F3N5O2S2/c1-31(16-42-17-31)15-39-7-6-19-11-24(22(18-2-3-18)10-20(19)14-39)37-30-36-13-23(32(33,34)35)27(38-30)25-12-26-28(44-25)29(41)40(8-9-43-26)21-4-5-21/h10-13,18,21H,2-9,14-17H2,1H3,(H,36,37,38). The van der Waals surface area contributed by atoms with Gasteiger partial charge >= 0.3 is 6.18 Å². The summed E-state index contributed by atoms with van der Waals surface area (Å²) >= 11 is 2.64. The summed E-state index contributed by atoms with van der Waals surface area (Å²) in [6.45, 7) is 7.43. The van der Waals surface area contributed by atoms with Gasteiger partial charge in [0.1, 0.15) is 10.4 Å². The highest BCUT2D eigenvalue weighted by Gasteiger charge is 2.40. The van der Waals surface area contributed by atoms with Gasteiger partial charge in [-0.3, -0.25) is 9.69 Å². The van der Waals surface area contributed by atoms with Crippen LogP contribution in [0.25, 0.3) is 10.6 Å². The number of aromatic nitrogens is 2. The molecular formula is C32H34F3N5O2S2. The van der Waals surface area contributed by atoms with E-state index in [0.717, 1.165) is 98.8 Å². The number of thiophene rings is 1. The number of ether oxygens (including phenoxy) is 1. The molecule has 0 bridgehead atoms. The molecule has 7 nitrogen and oxygen atoms in total. The average molecular weight is 642 g/mol. The molecule has 44 heavy (non-hydrogen) atoms. The van der Waals surface area contributed by atoms with E-state index in [-0.39, 0.29) is 29.0 Å². The van der Waals surface area contributed by atoms with Crippen molar-refractivity contribution in [1.29, 1.82) is 0 Å². The largest absolute Gasteiger partial charge is 0.420 e. The lowest BCUT2D eigenvalue weighted by Crippen LogP contribution is -2.49. The molecule has 232 valence electrons. The first-order chi connectivity index (χ1) is 21.1. The number of alkyl halides is 3. The molecule has 2 aliphatic carbocycles. The van der Waals surface area contributed by atoms with Gasteiger partial charge in [0.05, 0.1) is 23.8 Å². The van der Waals surface area contributed by atoms with Crippen molar-refractivity contribution >= 4 is 40.6 Å². The van der Waals surface area contributed by atoms with E-state index in [0.29, 0.717) is 22.2 Å². The van der Waals surface area contributed by atoms with Gasteiger partial charge in [0, 0.05) is 60.2 Å². The summed E-state index contributed by atoms with van der Waals surface area (Å²) in [6, 6.07) is 6.40. The summed E-state index contributed by atoms with van der Waals surface area (Å²) < 4.78 is 48.2. The normalized spacial score (nSPS) is 21.8. The van der Waals surface area contributed by atoms with Crippen LogP contribution in [0.4, 0.5) is 24.8 Å². The van der Waals surface area contributed by atoms with E-state index in [2.05, 4.69) is 39.2 Å². The fraction of sp³-hybridized carbons (Fsp3) is 0.531. The molecule has 2 aromatic heterocycles. The number of benzene rings is 1. The molecule has 0 spiro atoms. The summed E-state index contributed by atoms with van der Waals surface area (Å²) in [4.78, 5) is 27.9. The monoisotopic (exact) mass is 641 g/mol. The SMILES string of the molecule is CC1(CN2CCc3cc(Nc4ncc(C(F)(F)F)c(-c5cc6c(s5)C(=O)N(C5CC5)CCS6)n4)c(C4CC4)cc3C2)COC1. The van der Waals surface area contributed by atoms with Gasteiger partial charge in [-0.1, -0.05) is 13.0 Å². The molecule has 5 aliphatic rings. The number of hydrogen-bond donors (Lipinski definition) is 1. The Morgan fingerprint density at radius 2 is 1.93 bits per heavy atom. The van der Waals surface area contributed by atoms with Gasteiger partial charge in [-0.2, -0.15) is 13.2 Å². The van der Waals surface area contributed by atoms with E-state index in [1.807, 2.05) is 4.90 Å². The number of nitrogens with one attached hydrogen (secondary N) is 1. The minimum Gasteiger partial charge on any atom is -0.380 e.